The molecule has 1 aromatic heterocycles. The number of likely N-dealkylation sites (tertiary alicyclic amines) is 1. The molecule has 1 saturated heterocycles. The summed E-state index contributed by atoms with van der Waals surface area (Å²) in [5, 5.41) is 7.53. The van der Waals surface area contributed by atoms with E-state index in [0.717, 1.165) is 37.3 Å². The summed E-state index contributed by atoms with van der Waals surface area (Å²) in [6.07, 6.45) is 5.21. The van der Waals surface area contributed by atoms with E-state index in [0.29, 0.717) is 17.4 Å². The molecule has 134 valence electrons. The number of nitrogens with one attached hydrogen (secondary N) is 1. The maximum Gasteiger partial charge on any atom is 0.322 e. The molecule has 1 saturated carbocycles. The number of amides is 2. The van der Waals surface area contributed by atoms with Crippen LogP contribution >= 0.6 is 0 Å². The maximum atomic E-state index is 12.9. The molecule has 24 heavy (non-hydrogen) atoms. The Morgan fingerprint density at radius 1 is 1.38 bits per heavy atom. The lowest BCUT2D eigenvalue weighted by molar-refractivity contribution is 0.130. The van der Waals surface area contributed by atoms with Gasteiger partial charge in [0.2, 0.25) is 0 Å². The number of hydrogen-bond acceptors (Lipinski definition) is 2. The van der Waals surface area contributed by atoms with Crippen LogP contribution in [0.25, 0.3) is 0 Å². The van der Waals surface area contributed by atoms with E-state index in [-0.39, 0.29) is 11.4 Å². The predicted molar refractivity (Wildman–Crippen MR) is 97.1 cm³/mol. The van der Waals surface area contributed by atoms with Gasteiger partial charge in [-0.1, -0.05) is 34.6 Å². The molecular weight excluding hydrogens is 300 g/mol. The SMILES string of the molecule is Cc1c(NC(=O)N2CC3(C)CC2CC(C)(C)C3)cnn1CC(C)C. The van der Waals surface area contributed by atoms with Gasteiger partial charge >= 0.3 is 6.03 Å². The fraction of sp³-hybridized carbons (Fsp3) is 0.789. The van der Waals surface area contributed by atoms with Crippen molar-refractivity contribution in [1.29, 1.82) is 0 Å². The van der Waals surface area contributed by atoms with Gasteiger partial charge in [-0.2, -0.15) is 5.10 Å². The first kappa shape index (κ1) is 17.3. The topological polar surface area (TPSA) is 50.2 Å². The van der Waals surface area contributed by atoms with Crippen molar-refractivity contribution in [1.82, 2.24) is 14.7 Å². The van der Waals surface area contributed by atoms with E-state index in [1.807, 2.05) is 11.6 Å². The molecule has 0 aromatic carbocycles. The fourth-order valence-corrected chi connectivity index (χ4v) is 4.98. The summed E-state index contributed by atoms with van der Waals surface area (Å²) in [7, 11) is 0. The first-order valence-electron chi connectivity index (χ1n) is 9.19. The Kier molecular flexibility index (Phi) is 4.17. The number of carbonyl (C=O) groups excluding carboxylic acids is 1. The summed E-state index contributed by atoms with van der Waals surface area (Å²) in [6.45, 7) is 15.1. The van der Waals surface area contributed by atoms with Gasteiger partial charge in [0.25, 0.3) is 0 Å². The van der Waals surface area contributed by atoms with Crippen molar-refractivity contribution < 1.29 is 4.79 Å². The second-order valence-electron chi connectivity index (χ2n) is 9.49. The van der Waals surface area contributed by atoms with Gasteiger partial charge in [0.1, 0.15) is 0 Å². The summed E-state index contributed by atoms with van der Waals surface area (Å²) in [6, 6.07) is 0.401. The Bertz CT molecular complexity index is 633. The lowest BCUT2D eigenvalue weighted by atomic mass is 9.65. The lowest BCUT2D eigenvalue weighted by Gasteiger charge is -2.39. The van der Waals surface area contributed by atoms with Gasteiger partial charge in [0.05, 0.1) is 17.6 Å². The quantitative estimate of drug-likeness (QED) is 0.898. The average molecular weight is 332 g/mol. The van der Waals surface area contributed by atoms with Crippen LogP contribution in [0.2, 0.25) is 0 Å². The standard InChI is InChI=1S/C19H32N4O/c1-13(2)10-23-14(3)16(9-20-23)21-17(24)22-12-19(6)8-15(22)7-18(4,5)11-19/h9,13,15H,7-8,10-12H2,1-6H3,(H,21,24). The highest BCUT2D eigenvalue weighted by atomic mass is 16.2. The summed E-state index contributed by atoms with van der Waals surface area (Å²) in [5.41, 5.74) is 2.46. The number of urea groups is 1. The van der Waals surface area contributed by atoms with Crippen molar-refractivity contribution in [2.24, 2.45) is 16.7 Å². The van der Waals surface area contributed by atoms with Gasteiger partial charge in [-0.15, -0.1) is 0 Å². The molecule has 1 aliphatic carbocycles. The van der Waals surface area contributed by atoms with Gasteiger partial charge in [0.15, 0.2) is 0 Å². The normalized spacial score (nSPS) is 28.5. The van der Waals surface area contributed by atoms with Crippen LogP contribution in [-0.4, -0.2) is 33.3 Å². The van der Waals surface area contributed by atoms with Crippen molar-refractivity contribution >= 4 is 11.7 Å². The average Bonchev–Trinajstić information content (AvgIpc) is 2.87. The third-order valence-electron chi connectivity index (χ3n) is 5.56. The lowest BCUT2D eigenvalue weighted by Crippen LogP contribution is -2.40. The summed E-state index contributed by atoms with van der Waals surface area (Å²) < 4.78 is 1.98. The highest BCUT2D eigenvalue weighted by Crippen LogP contribution is 2.52. The van der Waals surface area contributed by atoms with Crippen LogP contribution in [0.4, 0.5) is 10.5 Å². The van der Waals surface area contributed by atoms with E-state index in [4.69, 9.17) is 0 Å². The monoisotopic (exact) mass is 332 g/mol. The molecule has 3 rings (SSSR count). The van der Waals surface area contributed by atoms with Crippen molar-refractivity contribution in [3.8, 4) is 0 Å². The second kappa shape index (κ2) is 5.78. The molecule has 2 heterocycles. The number of hydrogen-bond donors (Lipinski definition) is 1. The Morgan fingerprint density at radius 3 is 2.75 bits per heavy atom. The molecular formula is C19H32N4O. The van der Waals surface area contributed by atoms with E-state index < -0.39 is 0 Å². The van der Waals surface area contributed by atoms with E-state index in [1.54, 1.807) is 6.20 Å². The first-order valence-corrected chi connectivity index (χ1v) is 9.19. The van der Waals surface area contributed by atoms with Gasteiger partial charge in [-0.3, -0.25) is 4.68 Å². The van der Waals surface area contributed by atoms with Crippen LogP contribution < -0.4 is 5.32 Å². The molecule has 1 aliphatic heterocycles. The van der Waals surface area contributed by atoms with E-state index in [1.165, 1.54) is 6.42 Å². The zero-order valence-electron chi connectivity index (χ0n) is 16.0. The third kappa shape index (κ3) is 3.31. The molecule has 2 aliphatic rings. The highest BCUT2D eigenvalue weighted by Gasteiger charge is 2.51. The molecule has 2 amide bonds. The van der Waals surface area contributed by atoms with Gasteiger partial charge in [0, 0.05) is 19.1 Å². The van der Waals surface area contributed by atoms with Crippen LogP contribution in [0.15, 0.2) is 6.20 Å². The van der Waals surface area contributed by atoms with Crippen LogP contribution in [0.3, 0.4) is 0 Å². The van der Waals surface area contributed by atoms with E-state index in [2.05, 4.69) is 49.9 Å². The molecule has 5 nitrogen and oxygen atoms in total. The minimum absolute atomic E-state index is 0.0358. The summed E-state index contributed by atoms with van der Waals surface area (Å²) in [5.74, 6) is 0.534. The smallest absolute Gasteiger partial charge is 0.321 e. The molecule has 1 N–H and O–H groups in total. The van der Waals surface area contributed by atoms with Crippen LogP contribution in [0.5, 0.6) is 0 Å². The van der Waals surface area contributed by atoms with Crippen molar-refractivity contribution in [2.45, 2.75) is 73.4 Å². The van der Waals surface area contributed by atoms with E-state index >= 15 is 0 Å². The molecule has 2 fully saturated rings. The molecule has 2 atom stereocenters. The van der Waals surface area contributed by atoms with E-state index in [9.17, 15) is 4.79 Å². The maximum absolute atomic E-state index is 12.9. The van der Waals surface area contributed by atoms with Gasteiger partial charge < -0.3 is 10.2 Å². The van der Waals surface area contributed by atoms with Crippen molar-refractivity contribution in [2.75, 3.05) is 11.9 Å². The largest absolute Gasteiger partial charge is 0.322 e. The number of rotatable bonds is 3. The Balaban J connectivity index is 1.71. The number of aromatic nitrogens is 2. The Labute approximate surface area is 145 Å². The number of carbonyl (C=O) groups is 1. The molecule has 2 unspecified atom stereocenters. The van der Waals surface area contributed by atoms with Crippen molar-refractivity contribution in [3.05, 3.63) is 11.9 Å². The summed E-state index contributed by atoms with van der Waals surface area (Å²) in [4.78, 5) is 14.9. The number of anilines is 1. The molecule has 1 aromatic rings. The third-order valence-corrected chi connectivity index (χ3v) is 5.56. The molecule has 0 spiro atoms. The highest BCUT2D eigenvalue weighted by molar-refractivity contribution is 5.90. The predicted octanol–water partition coefficient (Wildman–Crippen LogP) is 4.28. The zero-order valence-corrected chi connectivity index (χ0v) is 16.0. The molecule has 0 radical (unpaired) electrons. The Morgan fingerprint density at radius 2 is 2.08 bits per heavy atom. The molecule has 2 bridgehead atoms. The van der Waals surface area contributed by atoms with Crippen LogP contribution in [0, 0.1) is 23.7 Å². The van der Waals surface area contributed by atoms with Crippen LogP contribution in [0.1, 0.15) is 59.6 Å². The second-order valence-corrected chi connectivity index (χ2v) is 9.49. The Hall–Kier alpha value is -1.52. The molecule has 5 heteroatoms. The van der Waals surface area contributed by atoms with Gasteiger partial charge in [-0.05, 0) is 42.9 Å². The first-order chi connectivity index (χ1) is 11.1. The minimum atomic E-state index is 0.0358. The zero-order chi connectivity index (χ0) is 17.7. The fourth-order valence-electron chi connectivity index (χ4n) is 4.98. The number of fused-ring (bicyclic) bond motifs is 2. The van der Waals surface area contributed by atoms with Crippen molar-refractivity contribution in [3.63, 3.8) is 0 Å². The van der Waals surface area contributed by atoms with Gasteiger partial charge in [-0.25, -0.2) is 4.79 Å². The summed E-state index contributed by atoms with van der Waals surface area (Å²) >= 11 is 0. The van der Waals surface area contributed by atoms with Crippen LogP contribution in [-0.2, 0) is 6.54 Å². The number of nitrogens with zero attached hydrogens (tertiary/aromatic N) is 3. The minimum Gasteiger partial charge on any atom is -0.321 e.